The molecule has 0 atom stereocenters. The molecule has 2 aliphatic rings. The Kier molecular flexibility index (Phi) is 8.04. The first kappa shape index (κ1) is 22.8. The van der Waals surface area contributed by atoms with Gasteiger partial charge in [0.1, 0.15) is 23.7 Å². The molecule has 6 nitrogen and oxygen atoms in total. The number of rotatable bonds is 5. The fourth-order valence-electron chi connectivity index (χ4n) is 3.96. The van der Waals surface area contributed by atoms with Crippen LogP contribution in [-0.4, -0.2) is 36.0 Å². The van der Waals surface area contributed by atoms with Gasteiger partial charge in [0, 0.05) is 42.4 Å². The average molecular weight is 423 g/mol. The van der Waals surface area contributed by atoms with Crippen LogP contribution in [0.1, 0.15) is 67.4 Å². The molecule has 166 valence electrons. The lowest BCUT2D eigenvalue weighted by molar-refractivity contribution is 0.0971. The summed E-state index contributed by atoms with van der Waals surface area (Å²) in [7, 11) is 1.65. The van der Waals surface area contributed by atoms with Gasteiger partial charge >= 0.3 is 0 Å². The van der Waals surface area contributed by atoms with Crippen LogP contribution in [0.2, 0.25) is 0 Å². The van der Waals surface area contributed by atoms with E-state index in [2.05, 4.69) is 41.0 Å². The van der Waals surface area contributed by atoms with E-state index in [0.29, 0.717) is 6.42 Å². The summed E-state index contributed by atoms with van der Waals surface area (Å²) in [5.41, 5.74) is 4.39. The van der Waals surface area contributed by atoms with Gasteiger partial charge in [-0.2, -0.15) is 0 Å². The highest BCUT2D eigenvalue weighted by Crippen LogP contribution is 2.29. The lowest BCUT2D eigenvalue weighted by Crippen LogP contribution is -2.20. The van der Waals surface area contributed by atoms with Gasteiger partial charge in [0.15, 0.2) is 5.78 Å². The van der Waals surface area contributed by atoms with Crippen molar-refractivity contribution < 1.29 is 9.53 Å². The van der Waals surface area contributed by atoms with Gasteiger partial charge in [0.05, 0.1) is 7.11 Å². The molecule has 1 saturated heterocycles. The summed E-state index contributed by atoms with van der Waals surface area (Å²) >= 11 is 0. The zero-order chi connectivity index (χ0) is 22.2. The van der Waals surface area contributed by atoms with E-state index in [1.54, 1.807) is 13.4 Å². The van der Waals surface area contributed by atoms with E-state index in [1.807, 2.05) is 24.4 Å². The van der Waals surface area contributed by atoms with Crippen molar-refractivity contribution in [2.24, 2.45) is 0 Å². The van der Waals surface area contributed by atoms with Crippen LogP contribution in [0.5, 0.6) is 5.75 Å². The number of methoxy groups -OCH3 is 1. The van der Waals surface area contributed by atoms with Crippen LogP contribution < -0.4 is 15.0 Å². The third-order valence-corrected chi connectivity index (χ3v) is 5.96. The number of Topliss-reactive ketones (excluding diaryl/α,β-unsaturated/α-hetero) is 1. The van der Waals surface area contributed by atoms with Crippen LogP contribution in [0.4, 0.5) is 11.6 Å². The molecule has 0 unspecified atom stereocenters. The van der Waals surface area contributed by atoms with Crippen LogP contribution in [0.3, 0.4) is 0 Å². The van der Waals surface area contributed by atoms with Gasteiger partial charge < -0.3 is 15.0 Å². The number of nitrogens with one attached hydrogen (secondary N) is 1. The monoisotopic (exact) mass is 422 g/mol. The van der Waals surface area contributed by atoms with Crippen molar-refractivity contribution in [1.82, 2.24) is 9.97 Å². The van der Waals surface area contributed by atoms with Gasteiger partial charge in [-0.1, -0.05) is 24.6 Å². The Bertz CT molecular complexity index is 933. The molecular weight excluding hydrogens is 388 g/mol. The van der Waals surface area contributed by atoms with Crippen molar-refractivity contribution in [2.75, 3.05) is 30.4 Å². The molecule has 1 fully saturated rings. The number of hydrogen-bond donors (Lipinski definition) is 1. The first-order valence-corrected chi connectivity index (χ1v) is 11.2. The summed E-state index contributed by atoms with van der Waals surface area (Å²) in [5, 5.41) is 3.29. The summed E-state index contributed by atoms with van der Waals surface area (Å²) in [6.07, 6.45) is 9.86. The molecule has 1 N–H and O–H groups in total. The molecule has 0 radical (unpaired) electrons. The average Bonchev–Trinajstić information content (AvgIpc) is 3.33. The van der Waals surface area contributed by atoms with E-state index >= 15 is 0 Å². The summed E-state index contributed by atoms with van der Waals surface area (Å²) in [6, 6.07) is 5.68. The minimum atomic E-state index is 0.250. The number of aromatic nitrogens is 2. The number of anilines is 2. The van der Waals surface area contributed by atoms with Crippen LogP contribution in [0.25, 0.3) is 0 Å². The first-order chi connectivity index (χ1) is 15.0. The molecule has 0 spiro atoms. The summed E-state index contributed by atoms with van der Waals surface area (Å²) in [5.74, 6) is 3.10. The number of carbonyl (C=O) groups is 1. The number of fused-ring (bicyclic) bond motifs is 1. The Labute approximate surface area is 185 Å². The van der Waals surface area contributed by atoms with E-state index in [0.717, 1.165) is 66.4 Å². The standard InChI is InChI=1S/C14H22N4.C11H12O2/c1-4-11(2)9-15-13-12(3)14(17-10-16-13)18-7-5-6-8-18;1-13-11-7-3-4-8-9(11)5-2-6-10(8)12/h9-10H,4-8H2,1-3H3,(H,15,16,17);3-4,7H,2,5-6H2,1H3/b11-9+;. The summed E-state index contributed by atoms with van der Waals surface area (Å²) in [6.45, 7) is 8.58. The SMILES string of the molecule is CC/C(C)=C/Nc1ncnc(N2CCCC2)c1C.COc1cccc2c1CCCC2=O. The zero-order valence-electron chi connectivity index (χ0n) is 19.2. The van der Waals surface area contributed by atoms with Crippen molar-refractivity contribution in [2.45, 2.75) is 59.3 Å². The molecule has 1 aromatic heterocycles. The summed E-state index contributed by atoms with van der Waals surface area (Å²) in [4.78, 5) is 22.6. The number of carbonyl (C=O) groups excluding carboxylic acids is 1. The molecule has 0 saturated carbocycles. The van der Waals surface area contributed by atoms with Crippen LogP contribution in [0.15, 0.2) is 36.3 Å². The smallest absolute Gasteiger partial charge is 0.163 e. The van der Waals surface area contributed by atoms with Gasteiger partial charge in [-0.05, 0) is 52.0 Å². The molecule has 31 heavy (non-hydrogen) atoms. The quantitative estimate of drug-likeness (QED) is 0.703. The fourth-order valence-corrected chi connectivity index (χ4v) is 3.96. The first-order valence-electron chi connectivity index (χ1n) is 11.2. The largest absolute Gasteiger partial charge is 0.496 e. The molecular formula is C25H34N4O2. The van der Waals surface area contributed by atoms with Crippen LogP contribution in [-0.2, 0) is 6.42 Å². The van der Waals surface area contributed by atoms with E-state index < -0.39 is 0 Å². The van der Waals surface area contributed by atoms with Crippen molar-refractivity contribution in [3.63, 3.8) is 0 Å². The second-order valence-electron chi connectivity index (χ2n) is 8.12. The van der Waals surface area contributed by atoms with Gasteiger partial charge in [-0.25, -0.2) is 9.97 Å². The molecule has 4 rings (SSSR count). The second-order valence-corrected chi connectivity index (χ2v) is 8.12. The highest BCUT2D eigenvalue weighted by atomic mass is 16.5. The minimum absolute atomic E-state index is 0.250. The maximum atomic E-state index is 11.5. The summed E-state index contributed by atoms with van der Waals surface area (Å²) < 4.78 is 5.21. The fraction of sp³-hybridized carbons (Fsp3) is 0.480. The van der Waals surface area contributed by atoms with Crippen molar-refractivity contribution in [3.05, 3.63) is 53.0 Å². The predicted octanol–water partition coefficient (Wildman–Crippen LogP) is 5.33. The Morgan fingerprint density at radius 2 is 1.97 bits per heavy atom. The lowest BCUT2D eigenvalue weighted by atomic mass is 9.90. The van der Waals surface area contributed by atoms with Gasteiger partial charge in [0.2, 0.25) is 0 Å². The Morgan fingerprint density at radius 3 is 2.68 bits per heavy atom. The third kappa shape index (κ3) is 5.63. The zero-order valence-corrected chi connectivity index (χ0v) is 19.2. The molecule has 6 heteroatoms. The van der Waals surface area contributed by atoms with Crippen molar-refractivity contribution in [3.8, 4) is 5.75 Å². The van der Waals surface area contributed by atoms with Crippen LogP contribution in [0, 0.1) is 6.92 Å². The molecule has 0 amide bonds. The Morgan fingerprint density at radius 1 is 1.19 bits per heavy atom. The van der Waals surface area contributed by atoms with E-state index in [4.69, 9.17) is 4.74 Å². The topological polar surface area (TPSA) is 67.3 Å². The van der Waals surface area contributed by atoms with Crippen molar-refractivity contribution in [1.29, 1.82) is 0 Å². The van der Waals surface area contributed by atoms with Crippen molar-refractivity contribution >= 4 is 17.4 Å². The molecule has 1 aromatic carbocycles. The highest BCUT2D eigenvalue weighted by molar-refractivity contribution is 5.99. The molecule has 1 aliphatic carbocycles. The van der Waals surface area contributed by atoms with E-state index in [-0.39, 0.29) is 5.78 Å². The third-order valence-electron chi connectivity index (χ3n) is 5.96. The lowest BCUT2D eigenvalue weighted by Gasteiger charge is -2.19. The molecule has 2 aromatic rings. The van der Waals surface area contributed by atoms with E-state index in [9.17, 15) is 4.79 Å². The molecule has 1 aliphatic heterocycles. The number of allylic oxidation sites excluding steroid dienone is 1. The maximum Gasteiger partial charge on any atom is 0.163 e. The number of benzene rings is 1. The normalized spacial score (nSPS) is 15.8. The van der Waals surface area contributed by atoms with Gasteiger partial charge in [-0.15, -0.1) is 0 Å². The predicted molar refractivity (Wildman–Crippen MR) is 126 cm³/mol. The number of hydrogen-bond acceptors (Lipinski definition) is 6. The second kappa shape index (κ2) is 10.9. The number of ether oxygens (including phenoxy) is 1. The molecule has 0 bridgehead atoms. The minimum Gasteiger partial charge on any atom is -0.496 e. The van der Waals surface area contributed by atoms with Gasteiger partial charge in [0.25, 0.3) is 0 Å². The van der Waals surface area contributed by atoms with Gasteiger partial charge in [-0.3, -0.25) is 4.79 Å². The Balaban J connectivity index is 0.000000185. The number of ketones is 1. The highest BCUT2D eigenvalue weighted by Gasteiger charge is 2.19. The van der Waals surface area contributed by atoms with E-state index in [1.165, 1.54) is 18.4 Å². The Hall–Kier alpha value is -2.89. The van der Waals surface area contributed by atoms with Crippen LogP contribution >= 0.6 is 0 Å². The molecule has 2 heterocycles. The maximum absolute atomic E-state index is 11.5. The number of nitrogens with zero attached hydrogens (tertiary/aromatic N) is 3.